The molecular weight excluding hydrogens is 277 g/mol. The zero-order valence-corrected chi connectivity index (χ0v) is 13.5. The Morgan fingerprint density at radius 1 is 1.32 bits per heavy atom. The van der Waals surface area contributed by atoms with Crippen LogP contribution < -0.4 is 5.32 Å². The molecule has 1 unspecified atom stereocenters. The Hall–Kier alpha value is -0.500. The third kappa shape index (κ3) is 5.18. The average Bonchev–Trinajstić information content (AvgIpc) is 2.34. The SMILES string of the molecule is C=CC(C)(CNCC(C)C)Cc1c(Cl)cccc1Cl. The topological polar surface area (TPSA) is 12.0 Å². The number of rotatable bonds is 7. The Morgan fingerprint density at radius 2 is 1.89 bits per heavy atom. The number of halogens is 2. The van der Waals surface area contributed by atoms with Gasteiger partial charge in [0.1, 0.15) is 0 Å². The summed E-state index contributed by atoms with van der Waals surface area (Å²) in [4.78, 5) is 0. The highest BCUT2D eigenvalue weighted by molar-refractivity contribution is 6.36. The minimum atomic E-state index is -0.0521. The first-order valence-electron chi connectivity index (χ1n) is 6.65. The maximum atomic E-state index is 6.24. The molecule has 1 rings (SSSR count). The highest BCUT2D eigenvalue weighted by Crippen LogP contribution is 2.32. The zero-order valence-electron chi connectivity index (χ0n) is 12.0. The van der Waals surface area contributed by atoms with E-state index in [4.69, 9.17) is 23.2 Å². The lowest BCUT2D eigenvalue weighted by Gasteiger charge is -2.27. The van der Waals surface area contributed by atoms with Gasteiger partial charge in [-0.3, -0.25) is 0 Å². The quantitative estimate of drug-likeness (QED) is 0.701. The summed E-state index contributed by atoms with van der Waals surface area (Å²) in [6.07, 6.45) is 2.78. The predicted octanol–water partition coefficient (Wildman–Crippen LogP) is 4.97. The molecule has 0 saturated heterocycles. The van der Waals surface area contributed by atoms with Gasteiger partial charge in [-0.25, -0.2) is 0 Å². The monoisotopic (exact) mass is 299 g/mol. The van der Waals surface area contributed by atoms with E-state index < -0.39 is 0 Å². The Bertz CT molecular complexity index is 409. The highest BCUT2D eigenvalue weighted by Gasteiger charge is 2.23. The first-order valence-corrected chi connectivity index (χ1v) is 7.41. The van der Waals surface area contributed by atoms with Gasteiger partial charge in [0.05, 0.1) is 0 Å². The second kappa shape index (κ2) is 7.33. The largest absolute Gasteiger partial charge is 0.316 e. The molecule has 19 heavy (non-hydrogen) atoms. The van der Waals surface area contributed by atoms with E-state index in [1.165, 1.54) is 0 Å². The van der Waals surface area contributed by atoms with Gasteiger partial charge < -0.3 is 5.32 Å². The van der Waals surface area contributed by atoms with Crippen LogP contribution in [0.2, 0.25) is 10.0 Å². The van der Waals surface area contributed by atoms with Crippen LogP contribution in [0.25, 0.3) is 0 Å². The van der Waals surface area contributed by atoms with E-state index in [9.17, 15) is 0 Å². The fourth-order valence-corrected chi connectivity index (χ4v) is 2.49. The molecule has 0 fully saturated rings. The molecule has 0 radical (unpaired) electrons. The predicted molar refractivity (Wildman–Crippen MR) is 86.2 cm³/mol. The van der Waals surface area contributed by atoms with Gasteiger partial charge in [-0.2, -0.15) is 0 Å². The van der Waals surface area contributed by atoms with Crippen LogP contribution in [0.15, 0.2) is 30.9 Å². The van der Waals surface area contributed by atoms with Gasteiger partial charge in [0, 0.05) is 22.0 Å². The molecular formula is C16H23Cl2N. The molecule has 0 bridgehead atoms. The first-order chi connectivity index (χ1) is 8.88. The van der Waals surface area contributed by atoms with Crippen LogP contribution in [0.5, 0.6) is 0 Å². The van der Waals surface area contributed by atoms with Crippen molar-refractivity contribution in [2.45, 2.75) is 27.2 Å². The molecule has 1 aromatic rings. The molecule has 106 valence electrons. The lowest BCUT2D eigenvalue weighted by atomic mass is 9.83. The highest BCUT2D eigenvalue weighted by atomic mass is 35.5. The Kier molecular flexibility index (Phi) is 6.38. The molecule has 0 aliphatic heterocycles. The van der Waals surface area contributed by atoms with E-state index >= 15 is 0 Å². The van der Waals surface area contributed by atoms with Crippen molar-refractivity contribution in [2.24, 2.45) is 11.3 Å². The van der Waals surface area contributed by atoms with Crippen molar-refractivity contribution >= 4 is 23.2 Å². The summed E-state index contributed by atoms with van der Waals surface area (Å²) in [5.41, 5.74) is 0.948. The van der Waals surface area contributed by atoms with Crippen molar-refractivity contribution < 1.29 is 0 Å². The van der Waals surface area contributed by atoms with Crippen LogP contribution in [0.1, 0.15) is 26.3 Å². The van der Waals surface area contributed by atoms with Gasteiger partial charge >= 0.3 is 0 Å². The first kappa shape index (κ1) is 16.6. The van der Waals surface area contributed by atoms with E-state index in [-0.39, 0.29) is 5.41 Å². The average molecular weight is 300 g/mol. The molecule has 0 amide bonds. The lowest BCUT2D eigenvalue weighted by Crippen LogP contribution is -2.34. The van der Waals surface area contributed by atoms with Crippen LogP contribution in [0.3, 0.4) is 0 Å². The van der Waals surface area contributed by atoms with Crippen LogP contribution in [-0.2, 0) is 6.42 Å². The Labute approximate surface area is 127 Å². The number of hydrogen-bond acceptors (Lipinski definition) is 1. The van der Waals surface area contributed by atoms with Crippen molar-refractivity contribution in [3.63, 3.8) is 0 Å². The smallest absolute Gasteiger partial charge is 0.0453 e. The molecule has 0 aliphatic carbocycles. The molecule has 1 atom stereocenters. The minimum absolute atomic E-state index is 0.0521. The summed E-state index contributed by atoms with van der Waals surface area (Å²) in [5.74, 6) is 0.637. The normalized spacial score (nSPS) is 14.4. The van der Waals surface area contributed by atoms with Crippen molar-refractivity contribution in [3.05, 3.63) is 46.5 Å². The van der Waals surface area contributed by atoms with Crippen LogP contribution in [0, 0.1) is 11.3 Å². The molecule has 1 nitrogen and oxygen atoms in total. The number of hydrogen-bond donors (Lipinski definition) is 1. The summed E-state index contributed by atoms with van der Waals surface area (Å²) in [7, 11) is 0. The molecule has 0 spiro atoms. The summed E-state index contributed by atoms with van der Waals surface area (Å²) < 4.78 is 0. The summed E-state index contributed by atoms with van der Waals surface area (Å²) in [6.45, 7) is 12.4. The fraction of sp³-hybridized carbons (Fsp3) is 0.500. The van der Waals surface area contributed by atoms with Crippen LogP contribution >= 0.6 is 23.2 Å². The van der Waals surface area contributed by atoms with E-state index in [0.717, 1.165) is 35.1 Å². The van der Waals surface area contributed by atoms with E-state index in [2.05, 4.69) is 32.7 Å². The molecule has 0 aliphatic rings. The maximum Gasteiger partial charge on any atom is 0.0453 e. The fourth-order valence-electron chi connectivity index (χ4n) is 1.96. The molecule has 0 aromatic heterocycles. The van der Waals surface area contributed by atoms with Crippen LogP contribution in [0.4, 0.5) is 0 Å². The minimum Gasteiger partial charge on any atom is -0.316 e. The molecule has 1 N–H and O–H groups in total. The van der Waals surface area contributed by atoms with Gasteiger partial charge in [-0.15, -0.1) is 6.58 Å². The van der Waals surface area contributed by atoms with Gasteiger partial charge in [0.15, 0.2) is 0 Å². The Morgan fingerprint density at radius 3 is 2.37 bits per heavy atom. The molecule has 0 heterocycles. The van der Waals surface area contributed by atoms with Crippen molar-refractivity contribution in [3.8, 4) is 0 Å². The van der Waals surface area contributed by atoms with Crippen molar-refractivity contribution in [2.75, 3.05) is 13.1 Å². The van der Waals surface area contributed by atoms with Crippen molar-refractivity contribution in [1.29, 1.82) is 0 Å². The third-order valence-electron chi connectivity index (χ3n) is 3.22. The van der Waals surface area contributed by atoms with Gasteiger partial charge in [0.2, 0.25) is 0 Å². The second-order valence-electron chi connectivity index (χ2n) is 5.76. The molecule has 3 heteroatoms. The summed E-state index contributed by atoms with van der Waals surface area (Å²) >= 11 is 12.5. The molecule has 0 saturated carbocycles. The summed E-state index contributed by atoms with van der Waals surface area (Å²) in [5, 5.41) is 4.93. The number of benzene rings is 1. The van der Waals surface area contributed by atoms with Gasteiger partial charge in [-0.05, 0) is 36.6 Å². The standard InChI is InChI=1S/C16H23Cl2N/c1-5-16(4,11-19-10-12(2)3)9-13-14(17)7-6-8-15(13)18/h5-8,12,19H,1,9-11H2,2-4H3. The van der Waals surface area contributed by atoms with Gasteiger partial charge in [-0.1, -0.05) is 56.1 Å². The Balaban J connectivity index is 2.77. The molecule has 1 aromatic carbocycles. The van der Waals surface area contributed by atoms with E-state index in [1.54, 1.807) is 0 Å². The van der Waals surface area contributed by atoms with E-state index in [0.29, 0.717) is 5.92 Å². The number of nitrogens with one attached hydrogen (secondary N) is 1. The third-order valence-corrected chi connectivity index (χ3v) is 3.92. The van der Waals surface area contributed by atoms with Gasteiger partial charge in [0.25, 0.3) is 0 Å². The maximum absolute atomic E-state index is 6.24. The summed E-state index contributed by atoms with van der Waals surface area (Å²) in [6, 6.07) is 5.64. The second-order valence-corrected chi connectivity index (χ2v) is 6.57. The van der Waals surface area contributed by atoms with E-state index in [1.807, 2.05) is 24.3 Å². The van der Waals surface area contributed by atoms with Crippen LogP contribution in [-0.4, -0.2) is 13.1 Å². The van der Waals surface area contributed by atoms with Crippen molar-refractivity contribution in [1.82, 2.24) is 5.32 Å². The zero-order chi connectivity index (χ0) is 14.5. The lowest BCUT2D eigenvalue weighted by molar-refractivity contribution is 0.378.